The predicted octanol–water partition coefficient (Wildman–Crippen LogP) is 3.40. The number of esters is 1. The van der Waals surface area contributed by atoms with Crippen LogP contribution in [0.15, 0.2) is 18.2 Å². The predicted molar refractivity (Wildman–Crippen MR) is 76.1 cm³/mol. The van der Waals surface area contributed by atoms with Gasteiger partial charge in [-0.05, 0) is 32.4 Å². The SMILES string of the molecule is CCOC(=O)C1CCCCN1Cc1cccc(Cl)c1F. The quantitative estimate of drug-likeness (QED) is 0.798. The normalized spacial score (nSPS) is 19.9. The van der Waals surface area contributed by atoms with Crippen LogP contribution in [0.4, 0.5) is 4.39 Å². The second-order valence-corrected chi connectivity index (χ2v) is 5.35. The summed E-state index contributed by atoms with van der Waals surface area (Å²) in [6, 6.07) is 4.68. The highest BCUT2D eigenvalue weighted by Crippen LogP contribution is 2.24. The van der Waals surface area contributed by atoms with Gasteiger partial charge in [0, 0.05) is 12.1 Å². The van der Waals surface area contributed by atoms with Gasteiger partial charge in [-0.3, -0.25) is 9.69 Å². The standard InChI is InChI=1S/C15H19ClFNO2/c1-2-20-15(19)13-8-3-4-9-18(13)10-11-6-5-7-12(16)14(11)17/h5-7,13H,2-4,8-10H2,1H3. The third-order valence-corrected chi connectivity index (χ3v) is 3.87. The summed E-state index contributed by atoms with van der Waals surface area (Å²) in [4.78, 5) is 13.9. The van der Waals surface area contributed by atoms with Gasteiger partial charge >= 0.3 is 5.97 Å². The Bertz CT molecular complexity index is 481. The van der Waals surface area contributed by atoms with E-state index in [1.54, 1.807) is 19.1 Å². The molecule has 0 aromatic heterocycles. The first-order chi connectivity index (χ1) is 9.63. The van der Waals surface area contributed by atoms with Crippen molar-refractivity contribution in [2.24, 2.45) is 0 Å². The van der Waals surface area contributed by atoms with E-state index in [4.69, 9.17) is 16.3 Å². The number of hydrogen-bond acceptors (Lipinski definition) is 3. The van der Waals surface area contributed by atoms with Gasteiger partial charge in [-0.15, -0.1) is 0 Å². The average molecular weight is 300 g/mol. The Morgan fingerprint density at radius 3 is 3.05 bits per heavy atom. The van der Waals surface area contributed by atoms with E-state index in [-0.39, 0.29) is 17.0 Å². The zero-order valence-corrected chi connectivity index (χ0v) is 12.3. The molecule has 0 bridgehead atoms. The molecule has 3 nitrogen and oxygen atoms in total. The number of carbonyl (C=O) groups is 1. The molecule has 1 heterocycles. The minimum atomic E-state index is -0.401. The molecule has 0 aliphatic carbocycles. The minimum absolute atomic E-state index is 0.118. The van der Waals surface area contributed by atoms with E-state index < -0.39 is 5.82 Å². The van der Waals surface area contributed by atoms with Crippen molar-refractivity contribution in [3.8, 4) is 0 Å². The van der Waals surface area contributed by atoms with Gasteiger partial charge in [-0.25, -0.2) is 4.39 Å². The molecule has 1 aliphatic rings. The van der Waals surface area contributed by atoms with E-state index in [2.05, 4.69) is 0 Å². The number of carbonyl (C=O) groups excluding carboxylic acids is 1. The molecule has 1 aromatic carbocycles. The van der Waals surface area contributed by atoms with Crippen LogP contribution in [0.3, 0.4) is 0 Å². The fourth-order valence-corrected chi connectivity index (χ4v) is 2.77. The number of piperidine rings is 1. The lowest BCUT2D eigenvalue weighted by Crippen LogP contribution is -2.45. The van der Waals surface area contributed by atoms with E-state index >= 15 is 0 Å². The van der Waals surface area contributed by atoms with Crippen molar-refractivity contribution in [2.45, 2.75) is 38.8 Å². The number of ether oxygens (including phenoxy) is 1. The summed E-state index contributed by atoms with van der Waals surface area (Å²) >= 11 is 5.80. The summed E-state index contributed by atoms with van der Waals surface area (Å²) in [7, 11) is 0. The van der Waals surface area contributed by atoms with E-state index in [0.717, 1.165) is 25.8 Å². The third kappa shape index (κ3) is 3.49. The van der Waals surface area contributed by atoms with Gasteiger partial charge in [0.1, 0.15) is 11.9 Å². The van der Waals surface area contributed by atoms with E-state index in [9.17, 15) is 9.18 Å². The van der Waals surface area contributed by atoms with E-state index in [1.807, 2.05) is 4.90 Å². The Morgan fingerprint density at radius 1 is 1.50 bits per heavy atom. The van der Waals surface area contributed by atoms with Crippen LogP contribution in [0.25, 0.3) is 0 Å². The highest BCUT2D eigenvalue weighted by Gasteiger charge is 2.30. The summed E-state index contributed by atoms with van der Waals surface area (Å²) in [6.07, 6.45) is 2.77. The first-order valence-electron chi connectivity index (χ1n) is 6.97. The van der Waals surface area contributed by atoms with Crippen LogP contribution >= 0.6 is 11.6 Å². The maximum absolute atomic E-state index is 14.0. The summed E-state index contributed by atoms with van der Waals surface area (Å²) in [5.41, 5.74) is 0.522. The molecule has 20 heavy (non-hydrogen) atoms. The van der Waals surface area contributed by atoms with Crippen molar-refractivity contribution in [1.29, 1.82) is 0 Å². The van der Waals surface area contributed by atoms with Crippen LogP contribution in [-0.2, 0) is 16.1 Å². The molecule has 1 fully saturated rings. The lowest BCUT2D eigenvalue weighted by molar-refractivity contribution is -0.151. The van der Waals surface area contributed by atoms with Gasteiger partial charge in [-0.1, -0.05) is 30.2 Å². The molecule has 0 N–H and O–H groups in total. The van der Waals surface area contributed by atoms with Gasteiger partial charge in [-0.2, -0.15) is 0 Å². The molecule has 5 heteroatoms. The topological polar surface area (TPSA) is 29.5 Å². The second-order valence-electron chi connectivity index (χ2n) is 4.95. The number of halogens is 2. The molecule has 0 saturated carbocycles. The summed E-state index contributed by atoms with van der Waals surface area (Å²) in [5.74, 6) is -0.614. The largest absolute Gasteiger partial charge is 0.465 e. The maximum atomic E-state index is 14.0. The zero-order chi connectivity index (χ0) is 14.5. The number of likely N-dealkylation sites (tertiary alicyclic amines) is 1. The van der Waals surface area contributed by atoms with Crippen molar-refractivity contribution in [2.75, 3.05) is 13.2 Å². The molecule has 1 saturated heterocycles. The Morgan fingerprint density at radius 2 is 2.30 bits per heavy atom. The Labute approximate surface area is 123 Å². The Balaban J connectivity index is 2.12. The number of benzene rings is 1. The smallest absolute Gasteiger partial charge is 0.323 e. The highest BCUT2D eigenvalue weighted by molar-refractivity contribution is 6.30. The van der Waals surface area contributed by atoms with Crippen molar-refractivity contribution < 1.29 is 13.9 Å². The number of nitrogens with zero attached hydrogens (tertiary/aromatic N) is 1. The van der Waals surface area contributed by atoms with E-state index in [0.29, 0.717) is 18.7 Å². The molecule has 2 rings (SSSR count). The van der Waals surface area contributed by atoms with Gasteiger partial charge in [0.25, 0.3) is 0 Å². The van der Waals surface area contributed by atoms with Gasteiger partial charge in [0.2, 0.25) is 0 Å². The van der Waals surface area contributed by atoms with Crippen LogP contribution in [0, 0.1) is 5.82 Å². The fraction of sp³-hybridized carbons (Fsp3) is 0.533. The number of rotatable bonds is 4. The first-order valence-corrected chi connectivity index (χ1v) is 7.35. The zero-order valence-electron chi connectivity index (χ0n) is 11.6. The van der Waals surface area contributed by atoms with Crippen molar-refractivity contribution in [3.63, 3.8) is 0 Å². The molecule has 0 amide bonds. The monoisotopic (exact) mass is 299 g/mol. The lowest BCUT2D eigenvalue weighted by Gasteiger charge is -2.34. The number of hydrogen-bond donors (Lipinski definition) is 0. The van der Waals surface area contributed by atoms with Gasteiger partial charge < -0.3 is 4.74 Å². The Kier molecular flexibility index (Phi) is 5.38. The first kappa shape index (κ1) is 15.3. The van der Waals surface area contributed by atoms with E-state index in [1.165, 1.54) is 6.07 Å². The van der Waals surface area contributed by atoms with Crippen LogP contribution in [-0.4, -0.2) is 30.1 Å². The molecule has 110 valence electrons. The van der Waals surface area contributed by atoms with Gasteiger partial charge in [0.15, 0.2) is 0 Å². The Hall–Kier alpha value is -1.13. The molecule has 0 spiro atoms. The molecule has 1 aliphatic heterocycles. The molecular formula is C15H19ClFNO2. The summed E-state index contributed by atoms with van der Waals surface area (Å²) in [5, 5.41) is 0.118. The lowest BCUT2D eigenvalue weighted by atomic mass is 10.0. The van der Waals surface area contributed by atoms with Crippen LogP contribution < -0.4 is 0 Å². The molecule has 1 unspecified atom stereocenters. The third-order valence-electron chi connectivity index (χ3n) is 3.58. The molecule has 1 aromatic rings. The summed E-state index contributed by atoms with van der Waals surface area (Å²) in [6.45, 7) is 3.32. The maximum Gasteiger partial charge on any atom is 0.323 e. The van der Waals surface area contributed by atoms with Crippen molar-refractivity contribution in [1.82, 2.24) is 4.90 Å². The molecule has 0 radical (unpaired) electrons. The van der Waals surface area contributed by atoms with Crippen LogP contribution in [0.5, 0.6) is 0 Å². The second kappa shape index (κ2) is 7.04. The van der Waals surface area contributed by atoms with Crippen molar-refractivity contribution in [3.05, 3.63) is 34.6 Å². The summed E-state index contributed by atoms with van der Waals surface area (Å²) < 4.78 is 19.1. The molecule has 1 atom stereocenters. The van der Waals surface area contributed by atoms with Crippen molar-refractivity contribution >= 4 is 17.6 Å². The van der Waals surface area contributed by atoms with Crippen LogP contribution in [0.2, 0.25) is 5.02 Å². The van der Waals surface area contributed by atoms with Gasteiger partial charge in [0.05, 0.1) is 11.6 Å². The fourth-order valence-electron chi connectivity index (χ4n) is 2.57. The average Bonchev–Trinajstić information content (AvgIpc) is 2.45. The molecular weight excluding hydrogens is 281 g/mol. The highest BCUT2D eigenvalue weighted by atomic mass is 35.5. The minimum Gasteiger partial charge on any atom is -0.465 e. The van der Waals surface area contributed by atoms with Crippen LogP contribution in [0.1, 0.15) is 31.7 Å².